The second-order valence-corrected chi connectivity index (χ2v) is 6.62. The van der Waals surface area contributed by atoms with Gasteiger partial charge in [0.1, 0.15) is 11.4 Å². The highest BCUT2D eigenvalue weighted by atomic mass is 19.1. The third kappa shape index (κ3) is 4.34. The van der Waals surface area contributed by atoms with Crippen molar-refractivity contribution in [3.05, 3.63) is 41.2 Å². The van der Waals surface area contributed by atoms with Crippen molar-refractivity contribution < 1.29 is 23.5 Å². The Morgan fingerprint density at radius 3 is 2.62 bits per heavy atom. The maximum Gasteiger partial charge on any atom is 0.410 e. The van der Waals surface area contributed by atoms with Gasteiger partial charge in [0.25, 0.3) is 0 Å². The van der Waals surface area contributed by atoms with E-state index in [-0.39, 0.29) is 18.5 Å². The number of halogens is 1. The molecule has 1 amide bonds. The van der Waals surface area contributed by atoms with Gasteiger partial charge in [-0.3, -0.25) is 4.79 Å². The van der Waals surface area contributed by atoms with E-state index >= 15 is 0 Å². The number of benzene rings is 1. The van der Waals surface area contributed by atoms with Crippen LogP contribution in [0.3, 0.4) is 0 Å². The van der Waals surface area contributed by atoms with E-state index in [0.717, 1.165) is 0 Å². The fourth-order valence-electron chi connectivity index (χ4n) is 2.41. The van der Waals surface area contributed by atoms with E-state index in [0.29, 0.717) is 17.7 Å². The summed E-state index contributed by atoms with van der Waals surface area (Å²) < 4.78 is 24.5. The predicted molar refractivity (Wildman–Crippen MR) is 87.9 cm³/mol. The van der Waals surface area contributed by atoms with Crippen LogP contribution in [-0.4, -0.2) is 42.8 Å². The number of hydrogen-bond donors (Lipinski definition) is 0. The van der Waals surface area contributed by atoms with Crippen LogP contribution in [0.25, 0.3) is 5.57 Å². The molecule has 0 N–H and O–H groups in total. The highest BCUT2D eigenvalue weighted by molar-refractivity contribution is 5.79. The van der Waals surface area contributed by atoms with Gasteiger partial charge in [0.05, 0.1) is 13.5 Å². The standard InChI is InChI=1S/C18H22FNO4/c1-18(2,3)24-17(22)20-9-8-13(11-20)14-7-5-6-12(16(14)19)10-15(21)23-4/h5-8H,9-11H2,1-4H3. The minimum Gasteiger partial charge on any atom is -0.469 e. The van der Waals surface area contributed by atoms with Crippen LogP contribution in [0.2, 0.25) is 0 Å². The van der Waals surface area contributed by atoms with Gasteiger partial charge < -0.3 is 14.4 Å². The molecule has 1 aliphatic rings. The minimum absolute atomic E-state index is 0.126. The fraction of sp³-hybridized carbons (Fsp3) is 0.444. The van der Waals surface area contributed by atoms with Gasteiger partial charge >= 0.3 is 12.1 Å². The van der Waals surface area contributed by atoms with E-state index in [2.05, 4.69) is 4.74 Å². The van der Waals surface area contributed by atoms with Gasteiger partial charge in [-0.2, -0.15) is 0 Å². The molecule has 6 heteroatoms. The molecule has 0 unspecified atom stereocenters. The van der Waals surface area contributed by atoms with Crippen molar-refractivity contribution in [3.63, 3.8) is 0 Å². The van der Waals surface area contributed by atoms with Gasteiger partial charge in [0, 0.05) is 18.7 Å². The molecule has 2 rings (SSSR count). The summed E-state index contributed by atoms with van der Waals surface area (Å²) in [4.78, 5) is 25.0. The first-order chi connectivity index (χ1) is 11.2. The normalized spacial score (nSPS) is 14.4. The molecule has 1 aromatic rings. The first-order valence-electron chi connectivity index (χ1n) is 7.73. The number of amides is 1. The van der Waals surface area contributed by atoms with Crippen LogP contribution in [0.5, 0.6) is 0 Å². The fourth-order valence-corrected chi connectivity index (χ4v) is 2.41. The molecule has 130 valence electrons. The molecule has 0 aromatic heterocycles. The number of hydrogen-bond acceptors (Lipinski definition) is 4. The van der Waals surface area contributed by atoms with Crippen LogP contribution < -0.4 is 0 Å². The molecule has 1 heterocycles. The monoisotopic (exact) mass is 335 g/mol. The molecular weight excluding hydrogens is 313 g/mol. The molecule has 0 fully saturated rings. The molecule has 0 spiro atoms. The smallest absolute Gasteiger partial charge is 0.410 e. The zero-order chi connectivity index (χ0) is 17.9. The van der Waals surface area contributed by atoms with Gasteiger partial charge in [-0.15, -0.1) is 0 Å². The zero-order valence-corrected chi connectivity index (χ0v) is 14.4. The number of carbonyl (C=O) groups excluding carboxylic acids is 2. The molecule has 0 radical (unpaired) electrons. The lowest BCUT2D eigenvalue weighted by Crippen LogP contribution is -2.35. The Labute approximate surface area is 141 Å². The molecule has 24 heavy (non-hydrogen) atoms. The Bertz CT molecular complexity index is 676. The molecule has 0 saturated heterocycles. The molecule has 1 aliphatic heterocycles. The average molecular weight is 335 g/mol. The van der Waals surface area contributed by atoms with Crippen molar-refractivity contribution in [1.29, 1.82) is 0 Å². The molecule has 0 saturated carbocycles. The van der Waals surface area contributed by atoms with Crippen molar-refractivity contribution in [2.75, 3.05) is 20.2 Å². The van der Waals surface area contributed by atoms with Crippen LogP contribution in [0.15, 0.2) is 24.3 Å². The van der Waals surface area contributed by atoms with Gasteiger partial charge in [-0.25, -0.2) is 9.18 Å². The summed E-state index contributed by atoms with van der Waals surface area (Å²) in [5.41, 5.74) is 0.786. The Hall–Kier alpha value is -2.37. The zero-order valence-electron chi connectivity index (χ0n) is 14.4. The van der Waals surface area contributed by atoms with Crippen molar-refractivity contribution in [3.8, 4) is 0 Å². The van der Waals surface area contributed by atoms with Crippen molar-refractivity contribution in [1.82, 2.24) is 4.90 Å². The summed E-state index contributed by atoms with van der Waals surface area (Å²) in [5.74, 6) is -0.956. The third-order valence-electron chi connectivity index (χ3n) is 3.56. The molecule has 0 atom stereocenters. The second kappa shape index (κ2) is 7.03. The lowest BCUT2D eigenvalue weighted by molar-refractivity contribution is -0.139. The van der Waals surface area contributed by atoms with Gasteiger partial charge in [-0.05, 0) is 31.9 Å². The second-order valence-electron chi connectivity index (χ2n) is 6.62. The number of esters is 1. The summed E-state index contributed by atoms with van der Waals surface area (Å²) in [6.45, 7) is 6.03. The summed E-state index contributed by atoms with van der Waals surface area (Å²) in [5, 5.41) is 0. The highest BCUT2D eigenvalue weighted by Gasteiger charge is 2.27. The third-order valence-corrected chi connectivity index (χ3v) is 3.56. The molecule has 0 aliphatic carbocycles. The Balaban J connectivity index is 2.12. The number of carbonyl (C=O) groups is 2. The first-order valence-corrected chi connectivity index (χ1v) is 7.73. The Morgan fingerprint density at radius 1 is 1.29 bits per heavy atom. The first kappa shape index (κ1) is 18.0. The SMILES string of the molecule is COC(=O)Cc1cccc(C2=CCN(C(=O)OC(C)(C)C)C2)c1F. The Kier molecular flexibility index (Phi) is 5.26. The number of rotatable bonds is 3. The van der Waals surface area contributed by atoms with Crippen molar-refractivity contribution in [2.45, 2.75) is 32.8 Å². The summed E-state index contributed by atoms with van der Waals surface area (Å²) in [6, 6.07) is 4.88. The van der Waals surface area contributed by atoms with Crippen LogP contribution in [0.1, 0.15) is 31.9 Å². The average Bonchev–Trinajstić information content (AvgIpc) is 2.97. The highest BCUT2D eigenvalue weighted by Crippen LogP contribution is 2.26. The van der Waals surface area contributed by atoms with Gasteiger partial charge in [-0.1, -0.05) is 24.3 Å². The van der Waals surface area contributed by atoms with Crippen LogP contribution in [-0.2, 0) is 20.7 Å². The lowest BCUT2D eigenvalue weighted by Gasteiger charge is -2.24. The molecule has 0 bridgehead atoms. The minimum atomic E-state index is -0.578. The topological polar surface area (TPSA) is 55.8 Å². The quantitative estimate of drug-likeness (QED) is 0.796. The van der Waals surface area contributed by atoms with Crippen molar-refractivity contribution in [2.24, 2.45) is 0 Å². The van der Waals surface area contributed by atoms with E-state index in [1.807, 2.05) is 0 Å². The maximum atomic E-state index is 14.6. The van der Waals surface area contributed by atoms with E-state index in [1.54, 1.807) is 45.0 Å². The molecular formula is C18H22FNO4. The van der Waals surface area contributed by atoms with E-state index in [4.69, 9.17) is 4.74 Å². The van der Waals surface area contributed by atoms with E-state index in [9.17, 15) is 14.0 Å². The number of nitrogens with zero attached hydrogens (tertiary/aromatic N) is 1. The van der Waals surface area contributed by atoms with E-state index < -0.39 is 23.5 Å². The predicted octanol–water partition coefficient (Wildman–Crippen LogP) is 3.18. The summed E-state index contributed by atoms with van der Waals surface area (Å²) in [7, 11) is 1.27. The molecule has 1 aromatic carbocycles. The lowest BCUT2D eigenvalue weighted by atomic mass is 10.0. The number of methoxy groups -OCH3 is 1. The van der Waals surface area contributed by atoms with Crippen LogP contribution >= 0.6 is 0 Å². The summed E-state index contributed by atoms with van der Waals surface area (Å²) in [6.07, 6.45) is 1.24. The number of ether oxygens (including phenoxy) is 2. The van der Waals surface area contributed by atoms with Gasteiger partial charge in [0.2, 0.25) is 0 Å². The van der Waals surface area contributed by atoms with Crippen LogP contribution in [0.4, 0.5) is 9.18 Å². The maximum absolute atomic E-state index is 14.6. The van der Waals surface area contributed by atoms with Gasteiger partial charge in [0.15, 0.2) is 0 Å². The van der Waals surface area contributed by atoms with E-state index in [1.165, 1.54) is 12.0 Å². The molecule has 5 nitrogen and oxygen atoms in total. The van der Waals surface area contributed by atoms with Crippen LogP contribution in [0, 0.1) is 5.82 Å². The largest absolute Gasteiger partial charge is 0.469 e. The van der Waals surface area contributed by atoms with Crippen molar-refractivity contribution >= 4 is 17.6 Å². The summed E-state index contributed by atoms with van der Waals surface area (Å²) >= 11 is 0. The Morgan fingerprint density at radius 2 is 2.00 bits per heavy atom.